The number of benzene rings is 1. The van der Waals surface area contributed by atoms with E-state index in [1.807, 2.05) is 0 Å². The summed E-state index contributed by atoms with van der Waals surface area (Å²) < 4.78 is 0. The second-order valence-corrected chi connectivity index (χ2v) is 6.06. The summed E-state index contributed by atoms with van der Waals surface area (Å²) in [4.78, 5) is 4.93. The van der Waals surface area contributed by atoms with E-state index in [4.69, 9.17) is 0 Å². The van der Waals surface area contributed by atoms with Gasteiger partial charge in [0.2, 0.25) is 0 Å². The van der Waals surface area contributed by atoms with Crippen molar-refractivity contribution in [2.45, 2.75) is 31.3 Å². The van der Waals surface area contributed by atoms with Gasteiger partial charge >= 0.3 is 0 Å². The molecule has 3 nitrogen and oxygen atoms in total. The number of nitrogens with one attached hydrogen (secondary N) is 1. The number of nitrogens with zero attached hydrogens (tertiary/aromatic N) is 2. The Morgan fingerprint density at radius 3 is 2.74 bits per heavy atom. The number of likely N-dealkylation sites (N-methyl/N-ethyl adjacent to an activating group) is 1. The van der Waals surface area contributed by atoms with E-state index >= 15 is 0 Å². The molecule has 2 atom stereocenters. The lowest BCUT2D eigenvalue weighted by Gasteiger charge is -2.26. The molecule has 2 fully saturated rings. The van der Waals surface area contributed by atoms with Gasteiger partial charge in [-0.3, -0.25) is 0 Å². The minimum atomic E-state index is 0.564. The number of hydrogen-bond acceptors (Lipinski definition) is 3. The second kappa shape index (κ2) is 5.51. The minimum absolute atomic E-state index is 0.564. The number of hydrogen-bond donors (Lipinski definition) is 1. The van der Waals surface area contributed by atoms with Gasteiger partial charge in [0.25, 0.3) is 0 Å². The Bertz CT molecular complexity index is 424. The first-order chi connectivity index (χ1) is 9.25. The first kappa shape index (κ1) is 12.9. The second-order valence-electron chi connectivity index (χ2n) is 6.06. The van der Waals surface area contributed by atoms with E-state index in [1.54, 1.807) is 0 Å². The summed E-state index contributed by atoms with van der Waals surface area (Å²) in [7, 11) is 4.39. The molecule has 0 saturated carbocycles. The van der Waals surface area contributed by atoms with Crippen molar-refractivity contribution in [1.29, 1.82) is 0 Å². The lowest BCUT2D eigenvalue weighted by atomic mass is 10.0. The van der Waals surface area contributed by atoms with Gasteiger partial charge in [-0.2, -0.15) is 0 Å². The summed E-state index contributed by atoms with van der Waals surface area (Å²) in [5, 5.41) is 3.63. The SMILES string of the molecule is CN(C)C1CCN(c2ccccc2[C@H]2CCCN2)C1. The molecule has 2 saturated heterocycles. The fraction of sp³-hybridized carbons (Fsp3) is 0.625. The normalized spacial score (nSPS) is 27.4. The van der Waals surface area contributed by atoms with Crippen molar-refractivity contribution >= 4 is 5.69 Å². The van der Waals surface area contributed by atoms with Gasteiger partial charge in [-0.15, -0.1) is 0 Å². The Hall–Kier alpha value is -1.06. The van der Waals surface area contributed by atoms with Gasteiger partial charge in [-0.25, -0.2) is 0 Å². The average Bonchev–Trinajstić information content (AvgIpc) is 3.10. The van der Waals surface area contributed by atoms with Gasteiger partial charge in [0.15, 0.2) is 0 Å². The first-order valence-electron chi connectivity index (χ1n) is 7.49. The minimum Gasteiger partial charge on any atom is -0.370 e. The molecule has 1 aromatic rings. The van der Waals surface area contributed by atoms with E-state index in [0.717, 1.165) is 6.54 Å². The molecule has 3 rings (SSSR count). The van der Waals surface area contributed by atoms with Crippen LogP contribution < -0.4 is 10.2 Å². The number of rotatable bonds is 3. The van der Waals surface area contributed by atoms with Gasteiger partial charge < -0.3 is 15.1 Å². The van der Waals surface area contributed by atoms with Crippen LogP contribution in [0.2, 0.25) is 0 Å². The molecule has 104 valence electrons. The highest BCUT2D eigenvalue weighted by Crippen LogP contribution is 2.33. The van der Waals surface area contributed by atoms with E-state index in [2.05, 4.69) is 53.5 Å². The van der Waals surface area contributed by atoms with E-state index in [1.165, 1.54) is 43.6 Å². The van der Waals surface area contributed by atoms with Crippen LogP contribution in [0.3, 0.4) is 0 Å². The highest BCUT2D eigenvalue weighted by molar-refractivity contribution is 5.56. The van der Waals surface area contributed by atoms with Crippen LogP contribution in [0.25, 0.3) is 0 Å². The molecule has 1 N–H and O–H groups in total. The Morgan fingerprint density at radius 2 is 2.05 bits per heavy atom. The molecule has 1 aromatic carbocycles. The van der Waals surface area contributed by atoms with Crippen LogP contribution in [0.1, 0.15) is 30.9 Å². The molecular formula is C16H25N3. The summed E-state index contributed by atoms with van der Waals surface area (Å²) in [5.41, 5.74) is 2.95. The van der Waals surface area contributed by atoms with Gasteiger partial charge in [0, 0.05) is 30.9 Å². The third kappa shape index (κ3) is 2.63. The third-order valence-electron chi connectivity index (χ3n) is 4.61. The zero-order valence-corrected chi connectivity index (χ0v) is 12.1. The van der Waals surface area contributed by atoms with Crippen LogP contribution in [0.5, 0.6) is 0 Å². The monoisotopic (exact) mass is 259 g/mol. The molecule has 0 aromatic heterocycles. The maximum atomic E-state index is 3.63. The smallest absolute Gasteiger partial charge is 0.0415 e. The van der Waals surface area contributed by atoms with Crippen molar-refractivity contribution in [2.75, 3.05) is 38.6 Å². The lowest BCUT2D eigenvalue weighted by molar-refractivity contribution is 0.315. The van der Waals surface area contributed by atoms with Gasteiger partial charge in [0.1, 0.15) is 0 Å². The summed E-state index contributed by atoms with van der Waals surface area (Å²) in [6.07, 6.45) is 3.86. The van der Waals surface area contributed by atoms with Crippen LogP contribution in [0.4, 0.5) is 5.69 Å². The molecule has 2 aliphatic heterocycles. The maximum absolute atomic E-state index is 3.63. The van der Waals surface area contributed by atoms with Crippen molar-refractivity contribution in [2.24, 2.45) is 0 Å². The van der Waals surface area contributed by atoms with Crippen LogP contribution in [0.15, 0.2) is 24.3 Å². The molecule has 3 heteroatoms. The highest BCUT2D eigenvalue weighted by atomic mass is 15.2. The van der Waals surface area contributed by atoms with Crippen LogP contribution >= 0.6 is 0 Å². The molecule has 0 aliphatic carbocycles. The molecule has 2 aliphatic rings. The summed E-state index contributed by atoms with van der Waals surface area (Å²) in [6.45, 7) is 3.52. The zero-order chi connectivity index (χ0) is 13.2. The molecule has 2 heterocycles. The predicted molar refractivity (Wildman–Crippen MR) is 80.7 cm³/mol. The third-order valence-corrected chi connectivity index (χ3v) is 4.61. The topological polar surface area (TPSA) is 18.5 Å². The van der Waals surface area contributed by atoms with Crippen LogP contribution in [0, 0.1) is 0 Å². The predicted octanol–water partition coefficient (Wildman–Crippen LogP) is 2.25. The largest absolute Gasteiger partial charge is 0.370 e. The van der Waals surface area contributed by atoms with E-state index < -0.39 is 0 Å². The summed E-state index contributed by atoms with van der Waals surface area (Å²) in [5.74, 6) is 0. The average molecular weight is 259 g/mol. The molecule has 0 radical (unpaired) electrons. The molecular weight excluding hydrogens is 234 g/mol. The Morgan fingerprint density at radius 1 is 1.21 bits per heavy atom. The van der Waals surface area contributed by atoms with Crippen molar-refractivity contribution in [3.63, 3.8) is 0 Å². The molecule has 0 spiro atoms. The standard InChI is InChI=1S/C16H25N3/c1-18(2)13-9-11-19(12-13)16-8-4-3-6-14(16)15-7-5-10-17-15/h3-4,6,8,13,15,17H,5,7,9-12H2,1-2H3/t13?,15-/m1/s1. The van der Waals surface area contributed by atoms with Crippen molar-refractivity contribution in [1.82, 2.24) is 10.2 Å². The Labute approximate surface area is 116 Å². The molecule has 0 bridgehead atoms. The molecule has 1 unspecified atom stereocenters. The van der Waals surface area contributed by atoms with E-state index in [9.17, 15) is 0 Å². The Balaban J connectivity index is 1.81. The molecule has 19 heavy (non-hydrogen) atoms. The number of anilines is 1. The Kier molecular flexibility index (Phi) is 3.76. The van der Waals surface area contributed by atoms with Gasteiger partial charge in [-0.05, 0) is 51.5 Å². The van der Waals surface area contributed by atoms with E-state index in [0.29, 0.717) is 12.1 Å². The zero-order valence-electron chi connectivity index (χ0n) is 12.1. The summed E-state index contributed by atoms with van der Waals surface area (Å²) in [6, 6.07) is 10.2. The number of para-hydroxylation sites is 1. The summed E-state index contributed by atoms with van der Waals surface area (Å²) >= 11 is 0. The van der Waals surface area contributed by atoms with Gasteiger partial charge in [-0.1, -0.05) is 18.2 Å². The fourth-order valence-electron chi connectivity index (χ4n) is 3.40. The highest BCUT2D eigenvalue weighted by Gasteiger charge is 2.27. The van der Waals surface area contributed by atoms with E-state index in [-0.39, 0.29) is 0 Å². The molecule has 0 amide bonds. The quantitative estimate of drug-likeness (QED) is 0.898. The fourth-order valence-corrected chi connectivity index (χ4v) is 3.40. The van der Waals surface area contributed by atoms with Crippen molar-refractivity contribution in [3.05, 3.63) is 29.8 Å². The van der Waals surface area contributed by atoms with Crippen LogP contribution in [-0.2, 0) is 0 Å². The lowest BCUT2D eigenvalue weighted by Crippen LogP contribution is -2.32. The van der Waals surface area contributed by atoms with Crippen LogP contribution in [-0.4, -0.2) is 44.7 Å². The van der Waals surface area contributed by atoms with Crippen molar-refractivity contribution < 1.29 is 0 Å². The first-order valence-corrected chi connectivity index (χ1v) is 7.49. The van der Waals surface area contributed by atoms with Gasteiger partial charge in [0.05, 0.1) is 0 Å². The van der Waals surface area contributed by atoms with Crippen molar-refractivity contribution in [3.8, 4) is 0 Å². The maximum Gasteiger partial charge on any atom is 0.0415 e.